The highest BCUT2D eigenvalue weighted by molar-refractivity contribution is 5.78. The zero-order chi connectivity index (χ0) is 14.4. The fourth-order valence-corrected chi connectivity index (χ4v) is 2.35. The number of carboxylic acids is 1. The maximum atomic E-state index is 11.8. The summed E-state index contributed by atoms with van der Waals surface area (Å²) in [7, 11) is 0. The zero-order valence-corrected chi connectivity index (χ0v) is 11.3. The molecule has 1 aromatic rings. The summed E-state index contributed by atoms with van der Waals surface area (Å²) in [5.74, 6) is -0.464. The minimum absolute atomic E-state index is 0.0596. The van der Waals surface area contributed by atoms with Gasteiger partial charge in [0.1, 0.15) is 0 Å². The molecule has 1 saturated carbocycles. The second-order valence-electron chi connectivity index (χ2n) is 5.08. The molecule has 2 N–H and O–H groups in total. The van der Waals surface area contributed by atoms with Crippen molar-refractivity contribution in [2.45, 2.75) is 57.4 Å². The monoisotopic (exact) mass is 281 g/mol. The number of amides is 1. The number of rotatable bonds is 6. The minimum Gasteiger partial charge on any atom is -0.481 e. The molecule has 110 valence electrons. The Hall–Kier alpha value is -1.92. The van der Waals surface area contributed by atoms with E-state index in [4.69, 9.17) is 9.63 Å². The van der Waals surface area contributed by atoms with E-state index < -0.39 is 5.97 Å². The smallest absolute Gasteiger partial charge is 0.303 e. The molecule has 7 heteroatoms. The van der Waals surface area contributed by atoms with Gasteiger partial charge in [-0.15, -0.1) is 0 Å². The van der Waals surface area contributed by atoms with Crippen LogP contribution in [-0.2, 0) is 22.4 Å². The van der Waals surface area contributed by atoms with Gasteiger partial charge in [0.2, 0.25) is 11.8 Å². The molecule has 20 heavy (non-hydrogen) atoms. The van der Waals surface area contributed by atoms with E-state index in [0.29, 0.717) is 5.82 Å². The Bertz CT molecular complexity index is 466. The van der Waals surface area contributed by atoms with Crippen LogP contribution in [0.3, 0.4) is 0 Å². The molecular formula is C13H19N3O4. The van der Waals surface area contributed by atoms with E-state index in [2.05, 4.69) is 15.5 Å². The number of hydrogen-bond acceptors (Lipinski definition) is 5. The maximum Gasteiger partial charge on any atom is 0.303 e. The molecule has 0 bridgehead atoms. The van der Waals surface area contributed by atoms with Gasteiger partial charge in [-0.3, -0.25) is 9.59 Å². The Morgan fingerprint density at radius 1 is 1.30 bits per heavy atom. The minimum atomic E-state index is -0.917. The predicted octanol–water partition coefficient (Wildman–Crippen LogP) is 1.08. The number of carbonyl (C=O) groups is 2. The first-order chi connectivity index (χ1) is 9.63. The van der Waals surface area contributed by atoms with Crippen LogP contribution in [0.5, 0.6) is 0 Å². The van der Waals surface area contributed by atoms with E-state index in [-0.39, 0.29) is 37.1 Å². The molecule has 0 spiro atoms. The van der Waals surface area contributed by atoms with Gasteiger partial charge in [0.25, 0.3) is 0 Å². The van der Waals surface area contributed by atoms with Crippen molar-refractivity contribution in [3.05, 3.63) is 11.7 Å². The second kappa shape index (κ2) is 7.02. The SMILES string of the molecule is O=C(O)CCc1nc(CC(=O)NC2CCCCC2)no1. The first-order valence-electron chi connectivity index (χ1n) is 6.96. The van der Waals surface area contributed by atoms with E-state index in [9.17, 15) is 9.59 Å². The van der Waals surface area contributed by atoms with E-state index in [1.807, 2.05) is 0 Å². The van der Waals surface area contributed by atoms with Crippen LogP contribution in [0.2, 0.25) is 0 Å². The summed E-state index contributed by atoms with van der Waals surface area (Å²) >= 11 is 0. The second-order valence-corrected chi connectivity index (χ2v) is 5.08. The van der Waals surface area contributed by atoms with Gasteiger partial charge in [0, 0.05) is 12.5 Å². The van der Waals surface area contributed by atoms with E-state index in [1.165, 1.54) is 6.42 Å². The zero-order valence-electron chi connectivity index (χ0n) is 11.3. The molecule has 0 atom stereocenters. The van der Waals surface area contributed by atoms with Crippen LogP contribution in [0.25, 0.3) is 0 Å². The van der Waals surface area contributed by atoms with Gasteiger partial charge < -0.3 is 14.9 Å². The first kappa shape index (κ1) is 14.5. The highest BCUT2D eigenvalue weighted by atomic mass is 16.5. The molecule has 1 aliphatic rings. The summed E-state index contributed by atoms with van der Waals surface area (Å²) < 4.78 is 4.90. The van der Waals surface area contributed by atoms with Crippen molar-refractivity contribution in [1.82, 2.24) is 15.5 Å². The van der Waals surface area contributed by atoms with Gasteiger partial charge in [-0.25, -0.2) is 0 Å². The lowest BCUT2D eigenvalue weighted by atomic mass is 9.95. The Labute approximate surface area is 116 Å². The summed E-state index contributed by atoms with van der Waals surface area (Å²) in [5, 5.41) is 15.2. The number of aromatic nitrogens is 2. The average Bonchev–Trinajstić information content (AvgIpc) is 2.85. The molecule has 1 aromatic heterocycles. The van der Waals surface area contributed by atoms with Crippen molar-refractivity contribution in [2.75, 3.05) is 0 Å². The fourth-order valence-electron chi connectivity index (χ4n) is 2.35. The lowest BCUT2D eigenvalue weighted by Gasteiger charge is -2.22. The molecule has 1 amide bonds. The molecular weight excluding hydrogens is 262 g/mol. The van der Waals surface area contributed by atoms with Gasteiger partial charge in [0.15, 0.2) is 5.82 Å². The lowest BCUT2D eigenvalue weighted by molar-refractivity contribution is -0.137. The highest BCUT2D eigenvalue weighted by Crippen LogP contribution is 2.17. The quantitative estimate of drug-likeness (QED) is 0.808. The van der Waals surface area contributed by atoms with E-state index in [0.717, 1.165) is 25.7 Å². The molecule has 1 heterocycles. The van der Waals surface area contributed by atoms with Crippen molar-refractivity contribution in [1.29, 1.82) is 0 Å². The molecule has 1 aliphatic carbocycles. The summed E-state index contributed by atoms with van der Waals surface area (Å²) in [5.41, 5.74) is 0. The Morgan fingerprint density at radius 2 is 2.05 bits per heavy atom. The number of hydrogen-bond donors (Lipinski definition) is 2. The predicted molar refractivity (Wildman–Crippen MR) is 69.0 cm³/mol. The third kappa shape index (κ3) is 4.64. The Morgan fingerprint density at radius 3 is 2.75 bits per heavy atom. The topological polar surface area (TPSA) is 105 Å². The number of carbonyl (C=O) groups excluding carboxylic acids is 1. The summed E-state index contributed by atoms with van der Waals surface area (Å²) in [6, 6.07) is 0.259. The standard InChI is InChI=1S/C13H19N3O4/c17-11(14-9-4-2-1-3-5-9)8-10-15-12(20-16-10)6-7-13(18)19/h9H,1-8H2,(H,14,17)(H,18,19). The van der Waals surface area contributed by atoms with E-state index >= 15 is 0 Å². The summed E-state index contributed by atoms with van der Waals surface area (Å²) in [6.45, 7) is 0. The Kier molecular flexibility index (Phi) is 5.09. The van der Waals surface area contributed by atoms with Crippen molar-refractivity contribution < 1.29 is 19.2 Å². The third-order valence-corrected chi connectivity index (χ3v) is 3.35. The third-order valence-electron chi connectivity index (χ3n) is 3.35. The molecule has 0 saturated heterocycles. The van der Waals surface area contributed by atoms with Crippen LogP contribution < -0.4 is 5.32 Å². The number of aliphatic carboxylic acids is 1. The van der Waals surface area contributed by atoms with Gasteiger partial charge in [-0.05, 0) is 12.8 Å². The number of carboxylic acid groups (broad SMARTS) is 1. The average molecular weight is 281 g/mol. The molecule has 1 fully saturated rings. The molecule has 0 unspecified atom stereocenters. The van der Waals surface area contributed by atoms with Crippen molar-refractivity contribution >= 4 is 11.9 Å². The lowest BCUT2D eigenvalue weighted by Crippen LogP contribution is -2.37. The largest absolute Gasteiger partial charge is 0.481 e. The van der Waals surface area contributed by atoms with Crippen LogP contribution in [0.1, 0.15) is 50.2 Å². The van der Waals surface area contributed by atoms with E-state index in [1.54, 1.807) is 0 Å². The molecule has 2 rings (SSSR count). The number of nitrogens with one attached hydrogen (secondary N) is 1. The van der Waals surface area contributed by atoms with Crippen molar-refractivity contribution in [2.24, 2.45) is 0 Å². The molecule has 0 aromatic carbocycles. The first-order valence-corrected chi connectivity index (χ1v) is 6.96. The van der Waals surface area contributed by atoms with Crippen molar-refractivity contribution in [3.63, 3.8) is 0 Å². The summed E-state index contributed by atoms with van der Waals surface area (Å²) in [4.78, 5) is 26.3. The number of aryl methyl sites for hydroxylation is 1. The van der Waals surface area contributed by atoms with Crippen LogP contribution in [-0.4, -0.2) is 33.2 Å². The molecule has 7 nitrogen and oxygen atoms in total. The van der Waals surface area contributed by atoms with Gasteiger partial charge >= 0.3 is 5.97 Å². The van der Waals surface area contributed by atoms with Crippen LogP contribution >= 0.6 is 0 Å². The van der Waals surface area contributed by atoms with Crippen molar-refractivity contribution in [3.8, 4) is 0 Å². The maximum absolute atomic E-state index is 11.8. The summed E-state index contributed by atoms with van der Waals surface area (Å²) in [6.07, 6.45) is 5.82. The normalized spacial score (nSPS) is 16.0. The Balaban J connectivity index is 1.77. The number of nitrogens with zero attached hydrogens (tertiary/aromatic N) is 2. The van der Waals surface area contributed by atoms with Crippen LogP contribution in [0, 0.1) is 0 Å². The molecule has 0 aliphatic heterocycles. The highest BCUT2D eigenvalue weighted by Gasteiger charge is 2.17. The van der Waals surface area contributed by atoms with Gasteiger partial charge in [0.05, 0.1) is 12.8 Å². The van der Waals surface area contributed by atoms with Crippen LogP contribution in [0.15, 0.2) is 4.52 Å². The molecule has 0 radical (unpaired) electrons. The van der Waals surface area contributed by atoms with Gasteiger partial charge in [-0.2, -0.15) is 4.98 Å². The van der Waals surface area contributed by atoms with Gasteiger partial charge in [-0.1, -0.05) is 24.4 Å². The fraction of sp³-hybridized carbons (Fsp3) is 0.692. The van der Waals surface area contributed by atoms with Crippen LogP contribution in [0.4, 0.5) is 0 Å².